The molecule has 12 aromatic rings. The minimum Gasteiger partial charge on any atom is -0.252 e. The number of fused-ring (bicyclic) bond motifs is 4. The Bertz CT molecular complexity index is 3420. The Hall–Kier alpha value is -7.49. The molecule has 258 valence electrons. The van der Waals surface area contributed by atoms with Gasteiger partial charge in [-0.2, -0.15) is 0 Å². The number of para-hydroxylation sites is 2. The van der Waals surface area contributed by atoms with E-state index in [0.717, 1.165) is 44.8 Å². The number of hydrogen-bond donors (Lipinski definition) is 0. The summed E-state index contributed by atoms with van der Waals surface area (Å²) in [5.41, 5.74) is 10.4. The summed E-state index contributed by atoms with van der Waals surface area (Å²) in [6, 6.07) is 65.5. The van der Waals surface area contributed by atoms with Gasteiger partial charge in [0.15, 0.2) is 0 Å². The molecule has 0 bridgehead atoms. The maximum atomic E-state index is 5.18. The third-order valence-electron chi connectivity index (χ3n) is 11.5. The van der Waals surface area contributed by atoms with Crippen LogP contribution in [-0.2, 0) is 0 Å². The average Bonchev–Trinajstić information content (AvgIpc) is 3.26. The molecule has 2 aromatic heterocycles. The van der Waals surface area contributed by atoms with Gasteiger partial charge < -0.3 is 0 Å². The molecule has 0 radical (unpaired) electrons. The number of pyridine rings is 1. The normalized spacial score (nSPS) is 11.9. The Labute approximate surface area is 322 Å². The van der Waals surface area contributed by atoms with E-state index in [2.05, 4.69) is 158 Å². The molecule has 0 saturated carbocycles. The van der Waals surface area contributed by atoms with Crippen LogP contribution in [0.1, 0.15) is 0 Å². The Kier molecular flexibility index (Phi) is 6.63. The fraction of sp³-hybridized carbons (Fsp3) is 0. The van der Waals surface area contributed by atoms with E-state index in [1.807, 2.05) is 30.5 Å². The summed E-state index contributed by atoms with van der Waals surface area (Å²) in [4.78, 5) is 15.1. The molecule has 2 heterocycles. The lowest BCUT2D eigenvalue weighted by Gasteiger charge is -2.19. The molecule has 3 nitrogen and oxygen atoms in total. The first kappa shape index (κ1) is 30.9. The summed E-state index contributed by atoms with van der Waals surface area (Å²) in [6.07, 6.45) is 1.92. The summed E-state index contributed by atoms with van der Waals surface area (Å²) in [6.45, 7) is 0. The highest BCUT2D eigenvalue weighted by molar-refractivity contribution is 6.26. The Morgan fingerprint density at radius 3 is 1.41 bits per heavy atom. The smallest absolute Gasteiger partial charge is 0.0905 e. The van der Waals surface area contributed by atoms with E-state index in [1.54, 1.807) is 0 Å². The third kappa shape index (κ3) is 4.74. The first-order valence-corrected chi connectivity index (χ1v) is 19.1. The largest absolute Gasteiger partial charge is 0.252 e. The van der Waals surface area contributed by atoms with Crippen LogP contribution in [0.15, 0.2) is 188 Å². The van der Waals surface area contributed by atoms with E-state index in [-0.39, 0.29) is 0 Å². The highest BCUT2D eigenvalue weighted by atomic mass is 14.8. The fourth-order valence-corrected chi connectivity index (χ4v) is 9.03. The summed E-state index contributed by atoms with van der Waals surface area (Å²) < 4.78 is 0. The third-order valence-corrected chi connectivity index (χ3v) is 11.5. The number of nitrogens with zero attached hydrogens (tertiary/aromatic N) is 3. The second-order valence-corrected chi connectivity index (χ2v) is 14.8. The topological polar surface area (TPSA) is 38.7 Å². The van der Waals surface area contributed by atoms with Gasteiger partial charge in [0.2, 0.25) is 0 Å². The van der Waals surface area contributed by atoms with Crippen LogP contribution in [0, 0.1) is 0 Å². The molecule has 3 heteroatoms. The zero-order chi connectivity index (χ0) is 36.7. The maximum Gasteiger partial charge on any atom is 0.0905 e. The van der Waals surface area contributed by atoms with Gasteiger partial charge in [-0.3, -0.25) is 4.98 Å². The molecule has 10 aromatic carbocycles. The number of hydrogen-bond acceptors (Lipinski definition) is 3. The first-order valence-electron chi connectivity index (χ1n) is 19.1. The average molecular weight is 710 g/mol. The summed E-state index contributed by atoms with van der Waals surface area (Å²) >= 11 is 0. The molecule has 56 heavy (non-hydrogen) atoms. The van der Waals surface area contributed by atoms with Gasteiger partial charge >= 0.3 is 0 Å². The minimum absolute atomic E-state index is 0.883. The molecular weight excluding hydrogens is 679 g/mol. The zero-order valence-electron chi connectivity index (χ0n) is 30.2. The SMILES string of the molecule is c1cc(-c2ccc3ccccc3c2)nc(-c2cc3ccc4cc(-c5c6ccccc6c(-c6cnc7ccccc7n6)c6ccccc56)cc5ccc(c2)c3c45)c1. The van der Waals surface area contributed by atoms with Crippen molar-refractivity contribution in [1.82, 2.24) is 15.0 Å². The van der Waals surface area contributed by atoms with Crippen LogP contribution in [0.4, 0.5) is 0 Å². The molecule has 0 spiro atoms. The number of benzene rings is 10. The van der Waals surface area contributed by atoms with Crippen LogP contribution in [0.3, 0.4) is 0 Å². The van der Waals surface area contributed by atoms with Crippen LogP contribution < -0.4 is 0 Å². The van der Waals surface area contributed by atoms with Gasteiger partial charge in [0.25, 0.3) is 0 Å². The van der Waals surface area contributed by atoms with Crippen LogP contribution in [0.25, 0.3) is 121 Å². The first-order chi connectivity index (χ1) is 27.7. The molecule has 12 rings (SSSR count). The monoisotopic (exact) mass is 709 g/mol. The zero-order valence-corrected chi connectivity index (χ0v) is 30.2. The molecule has 0 fully saturated rings. The Morgan fingerprint density at radius 1 is 0.286 bits per heavy atom. The predicted octanol–water partition coefficient (Wildman–Crippen LogP) is 14.0. The second kappa shape index (κ2) is 12.0. The molecule has 0 aliphatic heterocycles. The highest BCUT2D eigenvalue weighted by Crippen LogP contribution is 2.46. The van der Waals surface area contributed by atoms with Crippen LogP contribution >= 0.6 is 0 Å². The van der Waals surface area contributed by atoms with Crippen molar-refractivity contribution in [3.05, 3.63) is 188 Å². The van der Waals surface area contributed by atoms with Gasteiger partial charge in [0, 0.05) is 16.7 Å². The molecule has 0 unspecified atom stereocenters. The molecule has 0 N–H and O–H groups in total. The molecule has 0 saturated heterocycles. The standard InChI is InChI=1S/C53H31N3/c1-2-11-33-26-34(21-20-32(33)10-1)45-18-9-19-46(55-45)39-27-35-22-24-37-29-40(30-38-25-23-36(28-39)50(35)51(37)38)52-41-12-3-5-14-43(41)53(44-15-6-4-13-42(44)52)49-31-54-47-16-7-8-17-48(47)56-49/h1-31H. The van der Waals surface area contributed by atoms with Crippen molar-refractivity contribution in [3.8, 4) is 44.9 Å². The lowest BCUT2D eigenvalue weighted by molar-refractivity contribution is 1.30. The fourth-order valence-electron chi connectivity index (χ4n) is 9.03. The summed E-state index contributed by atoms with van der Waals surface area (Å²) in [7, 11) is 0. The van der Waals surface area contributed by atoms with E-state index in [9.17, 15) is 0 Å². The minimum atomic E-state index is 0.883. The van der Waals surface area contributed by atoms with Crippen LogP contribution in [0.5, 0.6) is 0 Å². The molecule has 0 amide bonds. The number of aromatic nitrogens is 3. The van der Waals surface area contributed by atoms with Crippen molar-refractivity contribution >= 4 is 75.7 Å². The van der Waals surface area contributed by atoms with E-state index < -0.39 is 0 Å². The van der Waals surface area contributed by atoms with Gasteiger partial charge in [-0.1, -0.05) is 127 Å². The lowest BCUT2D eigenvalue weighted by atomic mass is 9.85. The van der Waals surface area contributed by atoms with Crippen LogP contribution in [-0.4, -0.2) is 15.0 Å². The van der Waals surface area contributed by atoms with E-state index in [0.29, 0.717) is 0 Å². The van der Waals surface area contributed by atoms with Crippen molar-refractivity contribution in [2.24, 2.45) is 0 Å². The molecule has 0 aliphatic rings. The van der Waals surface area contributed by atoms with Gasteiger partial charge in [-0.05, 0) is 130 Å². The molecular formula is C53H31N3. The van der Waals surface area contributed by atoms with Gasteiger partial charge in [0.1, 0.15) is 0 Å². The predicted molar refractivity (Wildman–Crippen MR) is 235 cm³/mol. The van der Waals surface area contributed by atoms with Crippen molar-refractivity contribution in [1.29, 1.82) is 0 Å². The molecule has 0 atom stereocenters. The Balaban J connectivity index is 1.01. The van der Waals surface area contributed by atoms with Crippen molar-refractivity contribution in [2.75, 3.05) is 0 Å². The molecule has 0 aliphatic carbocycles. The van der Waals surface area contributed by atoms with E-state index >= 15 is 0 Å². The summed E-state index contributed by atoms with van der Waals surface area (Å²) in [5, 5.41) is 14.7. The van der Waals surface area contributed by atoms with Crippen molar-refractivity contribution in [3.63, 3.8) is 0 Å². The van der Waals surface area contributed by atoms with Crippen molar-refractivity contribution < 1.29 is 0 Å². The summed E-state index contributed by atoms with van der Waals surface area (Å²) in [5.74, 6) is 0. The van der Waals surface area contributed by atoms with Gasteiger partial charge in [0.05, 0.1) is 34.3 Å². The van der Waals surface area contributed by atoms with E-state index in [4.69, 9.17) is 15.0 Å². The number of rotatable bonds is 4. The Morgan fingerprint density at radius 2 is 0.768 bits per heavy atom. The lowest BCUT2D eigenvalue weighted by Crippen LogP contribution is -1.94. The van der Waals surface area contributed by atoms with E-state index in [1.165, 1.54) is 75.8 Å². The second-order valence-electron chi connectivity index (χ2n) is 14.8. The van der Waals surface area contributed by atoms with Gasteiger partial charge in [-0.15, -0.1) is 0 Å². The van der Waals surface area contributed by atoms with Gasteiger partial charge in [-0.25, -0.2) is 9.97 Å². The maximum absolute atomic E-state index is 5.18. The quantitative estimate of drug-likeness (QED) is 0.135. The van der Waals surface area contributed by atoms with Crippen molar-refractivity contribution in [2.45, 2.75) is 0 Å². The highest BCUT2D eigenvalue weighted by Gasteiger charge is 2.20. The van der Waals surface area contributed by atoms with Crippen LogP contribution in [0.2, 0.25) is 0 Å².